The number of carbonyl (C=O) groups is 1. The fraction of sp³-hybridized carbons (Fsp3) is 0.438. The first-order valence-electron chi connectivity index (χ1n) is 7.87. The Morgan fingerprint density at radius 2 is 2.22 bits per heavy atom. The van der Waals surface area contributed by atoms with Gasteiger partial charge in [0.2, 0.25) is 11.8 Å². The average molecular weight is 389 g/mol. The molecule has 0 bridgehead atoms. The summed E-state index contributed by atoms with van der Waals surface area (Å²) in [5.41, 5.74) is -0.994. The van der Waals surface area contributed by atoms with Gasteiger partial charge in [0.1, 0.15) is 18.5 Å². The lowest BCUT2D eigenvalue weighted by Crippen LogP contribution is -2.29. The fourth-order valence-corrected chi connectivity index (χ4v) is 2.52. The maximum Gasteiger partial charge on any atom is 0.276 e. The zero-order valence-corrected chi connectivity index (χ0v) is 14.0. The Balaban J connectivity index is 1.64. The summed E-state index contributed by atoms with van der Waals surface area (Å²) in [5.74, 6) is -5.55. The lowest BCUT2D eigenvalue weighted by Gasteiger charge is -2.12. The van der Waals surface area contributed by atoms with Crippen molar-refractivity contribution in [2.75, 3.05) is 13.1 Å². The third-order valence-electron chi connectivity index (χ3n) is 3.92. The molecule has 2 aromatic heterocycles. The number of likely N-dealkylation sites (tertiary alicyclic amines) is 1. The van der Waals surface area contributed by atoms with E-state index in [-0.39, 0.29) is 37.2 Å². The Labute approximate surface area is 150 Å². The number of nitrogens with zero attached hydrogens (tertiary/aromatic N) is 3. The van der Waals surface area contributed by atoms with Crippen molar-refractivity contribution in [3.8, 4) is 5.88 Å². The van der Waals surface area contributed by atoms with Crippen LogP contribution in [-0.2, 0) is 12.5 Å². The van der Waals surface area contributed by atoms with Gasteiger partial charge in [-0.3, -0.25) is 4.79 Å². The van der Waals surface area contributed by atoms with Crippen LogP contribution in [0.4, 0.5) is 17.6 Å². The number of halogens is 4. The molecule has 3 rings (SSSR count). The zero-order chi connectivity index (χ0) is 19.8. The summed E-state index contributed by atoms with van der Waals surface area (Å²) in [7, 11) is 0. The fourth-order valence-electron chi connectivity index (χ4n) is 2.52. The largest absolute Gasteiger partial charge is 0.468 e. The number of pyridine rings is 1. The van der Waals surface area contributed by atoms with Gasteiger partial charge in [-0.25, -0.2) is 27.5 Å². The molecular weight excluding hydrogens is 374 g/mol. The summed E-state index contributed by atoms with van der Waals surface area (Å²) in [6, 6.07) is 0.761. The van der Waals surface area contributed by atoms with Crippen molar-refractivity contribution in [2.45, 2.75) is 31.7 Å². The molecule has 2 atom stereocenters. The van der Waals surface area contributed by atoms with E-state index in [0.717, 1.165) is 17.2 Å². The van der Waals surface area contributed by atoms with Crippen LogP contribution in [0.2, 0.25) is 0 Å². The van der Waals surface area contributed by atoms with Gasteiger partial charge in [0, 0.05) is 13.0 Å². The standard InChI is InChI=1S/C16H15F4N3O4/c1-16(19,20)8-2-13(21-3-9(8)17)27-7-14-22-11(6-26-14)15(25)23-4-10(18)12(24)5-23/h2-3,6,10,12,24H,4-5,7H2,1H3/t10-,12-/m1/s1. The second-order valence-corrected chi connectivity index (χ2v) is 6.10. The number of hydrogen-bond donors (Lipinski definition) is 1. The van der Waals surface area contributed by atoms with E-state index >= 15 is 0 Å². The molecule has 1 fully saturated rings. The van der Waals surface area contributed by atoms with Crippen LogP contribution >= 0.6 is 0 Å². The van der Waals surface area contributed by atoms with Crippen LogP contribution in [0.3, 0.4) is 0 Å². The number of β-amino-alcohol motifs (C(OH)–C–C–N with tert-alkyl or cyclic N) is 1. The summed E-state index contributed by atoms with van der Waals surface area (Å²) in [6.45, 7) is -0.230. The van der Waals surface area contributed by atoms with Gasteiger partial charge < -0.3 is 19.2 Å². The SMILES string of the molecule is CC(F)(F)c1cc(OCc2nc(C(=O)N3C[C@@H](O)[C@H](F)C3)co2)ncc1F. The van der Waals surface area contributed by atoms with Crippen molar-refractivity contribution in [3.05, 3.63) is 41.5 Å². The van der Waals surface area contributed by atoms with Crippen LogP contribution in [0.25, 0.3) is 0 Å². The molecule has 27 heavy (non-hydrogen) atoms. The second-order valence-electron chi connectivity index (χ2n) is 6.10. The average Bonchev–Trinajstić information content (AvgIpc) is 3.20. The summed E-state index contributed by atoms with van der Waals surface area (Å²) in [6.07, 6.45) is -1.14. The normalized spacial score (nSPS) is 20.1. The first-order chi connectivity index (χ1) is 12.6. The predicted molar refractivity (Wildman–Crippen MR) is 81.4 cm³/mol. The number of oxazole rings is 1. The molecule has 0 unspecified atom stereocenters. The summed E-state index contributed by atoms with van der Waals surface area (Å²) in [5, 5.41) is 9.36. The first-order valence-corrected chi connectivity index (χ1v) is 7.87. The van der Waals surface area contributed by atoms with E-state index < -0.39 is 35.5 Å². The van der Waals surface area contributed by atoms with E-state index in [2.05, 4.69) is 9.97 Å². The molecule has 1 aliphatic rings. The van der Waals surface area contributed by atoms with Gasteiger partial charge in [0.25, 0.3) is 11.8 Å². The number of carbonyl (C=O) groups excluding carboxylic acids is 1. The van der Waals surface area contributed by atoms with E-state index in [0.29, 0.717) is 13.1 Å². The highest BCUT2D eigenvalue weighted by atomic mass is 19.3. The number of hydrogen-bond acceptors (Lipinski definition) is 6. The summed E-state index contributed by atoms with van der Waals surface area (Å²) in [4.78, 5) is 20.7. The van der Waals surface area contributed by atoms with E-state index in [1.807, 2.05) is 0 Å². The maximum atomic E-state index is 13.4. The van der Waals surface area contributed by atoms with Crippen molar-refractivity contribution < 1.29 is 36.6 Å². The van der Waals surface area contributed by atoms with Gasteiger partial charge in [0.15, 0.2) is 18.1 Å². The van der Waals surface area contributed by atoms with Gasteiger partial charge in [-0.05, 0) is 0 Å². The quantitative estimate of drug-likeness (QED) is 0.788. The van der Waals surface area contributed by atoms with Crippen molar-refractivity contribution in [2.24, 2.45) is 0 Å². The number of aliphatic hydroxyl groups excluding tert-OH is 1. The Bertz CT molecular complexity index is 829. The van der Waals surface area contributed by atoms with Crippen LogP contribution in [0.5, 0.6) is 5.88 Å². The molecule has 0 saturated carbocycles. The number of aliphatic hydroxyl groups is 1. The molecule has 2 aromatic rings. The Hall–Kier alpha value is -2.69. The second kappa shape index (κ2) is 7.14. The van der Waals surface area contributed by atoms with Gasteiger partial charge in [0.05, 0.1) is 24.8 Å². The van der Waals surface area contributed by atoms with Crippen molar-refractivity contribution in [3.63, 3.8) is 0 Å². The number of rotatable bonds is 5. The lowest BCUT2D eigenvalue weighted by atomic mass is 10.1. The van der Waals surface area contributed by atoms with E-state index in [1.54, 1.807) is 0 Å². The lowest BCUT2D eigenvalue weighted by molar-refractivity contribution is 0.0132. The molecular formula is C16H15F4N3O4. The minimum absolute atomic E-state index is 0.0640. The third-order valence-corrected chi connectivity index (χ3v) is 3.92. The number of alkyl halides is 3. The zero-order valence-electron chi connectivity index (χ0n) is 14.0. The number of aromatic nitrogens is 2. The van der Waals surface area contributed by atoms with Gasteiger partial charge in [-0.1, -0.05) is 0 Å². The van der Waals surface area contributed by atoms with E-state index in [1.165, 1.54) is 0 Å². The minimum Gasteiger partial charge on any atom is -0.468 e. The number of amides is 1. The molecule has 1 N–H and O–H groups in total. The van der Waals surface area contributed by atoms with Crippen molar-refractivity contribution in [1.29, 1.82) is 0 Å². The molecule has 3 heterocycles. The topological polar surface area (TPSA) is 88.7 Å². The van der Waals surface area contributed by atoms with Crippen LogP contribution in [0.15, 0.2) is 22.9 Å². The monoisotopic (exact) mass is 389 g/mol. The third kappa shape index (κ3) is 4.18. The Morgan fingerprint density at radius 3 is 2.85 bits per heavy atom. The molecule has 0 aromatic carbocycles. The van der Waals surface area contributed by atoms with Crippen LogP contribution in [0.1, 0.15) is 28.9 Å². The highest BCUT2D eigenvalue weighted by molar-refractivity contribution is 5.92. The van der Waals surface area contributed by atoms with Crippen LogP contribution in [-0.4, -0.2) is 51.2 Å². The van der Waals surface area contributed by atoms with Gasteiger partial charge in [-0.15, -0.1) is 0 Å². The minimum atomic E-state index is -3.41. The molecule has 1 saturated heterocycles. The highest BCUT2D eigenvalue weighted by Crippen LogP contribution is 2.30. The molecule has 0 spiro atoms. The summed E-state index contributed by atoms with van der Waals surface area (Å²) < 4.78 is 63.5. The van der Waals surface area contributed by atoms with Crippen molar-refractivity contribution >= 4 is 5.91 Å². The van der Waals surface area contributed by atoms with Crippen LogP contribution < -0.4 is 4.74 Å². The molecule has 146 valence electrons. The Morgan fingerprint density at radius 1 is 1.48 bits per heavy atom. The van der Waals surface area contributed by atoms with Gasteiger partial charge >= 0.3 is 0 Å². The van der Waals surface area contributed by atoms with Gasteiger partial charge in [-0.2, -0.15) is 0 Å². The van der Waals surface area contributed by atoms with Crippen LogP contribution in [0, 0.1) is 5.82 Å². The summed E-state index contributed by atoms with van der Waals surface area (Å²) >= 11 is 0. The molecule has 1 aliphatic heterocycles. The molecule has 11 heteroatoms. The highest BCUT2D eigenvalue weighted by Gasteiger charge is 2.35. The Kier molecular flexibility index (Phi) is 5.05. The molecule has 1 amide bonds. The molecule has 0 aliphatic carbocycles. The first kappa shape index (κ1) is 19.1. The van der Waals surface area contributed by atoms with Crippen molar-refractivity contribution in [1.82, 2.24) is 14.9 Å². The van der Waals surface area contributed by atoms with E-state index in [9.17, 15) is 27.5 Å². The van der Waals surface area contributed by atoms with E-state index in [4.69, 9.17) is 9.15 Å². The smallest absolute Gasteiger partial charge is 0.276 e. The molecule has 0 radical (unpaired) electrons. The predicted octanol–water partition coefficient (Wildman–Crippen LogP) is 2.05. The number of ether oxygens (including phenoxy) is 1. The maximum absolute atomic E-state index is 13.4. The molecule has 7 nitrogen and oxygen atoms in total.